The lowest BCUT2D eigenvalue weighted by molar-refractivity contribution is 0.282. The maximum absolute atomic E-state index is 9.04. The second kappa shape index (κ2) is 5.55. The summed E-state index contributed by atoms with van der Waals surface area (Å²) in [7, 11) is 0. The van der Waals surface area contributed by atoms with Crippen molar-refractivity contribution in [1.29, 1.82) is 0 Å². The summed E-state index contributed by atoms with van der Waals surface area (Å²) in [6, 6.07) is 11.7. The molecule has 1 heterocycles. The highest BCUT2D eigenvalue weighted by Crippen LogP contribution is 2.14. The largest absolute Gasteiger partial charge is 0.464 e. The minimum absolute atomic E-state index is 0.0657. The standard InChI is InChI=1S/C14H17NO2/c1-2-13-6-7-14(17-13)9-15-12-5-3-4-11(8-12)10-16/h3-8,15-16H,2,9-10H2,1H3. The molecular weight excluding hydrogens is 214 g/mol. The van der Waals surface area contributed by atoms with E-state index in [1.54, 1.807) is 0 Å². The molecule has 90 valence electrons. The minimum atomic E-state index is 0.0657. The molecule has 3 heteroatoms. The van der Waals surface area contributed by atoms with Crippen molar-refractivity contribution in [2.75, 3.05) is 5.32 Å². The Balaban J connectivity index is 1.96. The van der Waals surface area contributed by atoms with Crippen LogP contribution in [-0.4, -0.2) is 5.11 Å². The summed E-state index contributed by atoms with van der Waals surface area (Å²) in [6.07, 6.45) is 0.917. The van der Waals surface area contributed by atoms with Crippen molar-refractivity contribution in [2.24, 2.45) is 0 Å². The summed E-state index contributed by atoms with van der Waals surface area (Å²) in [6.45, 7) is 2.80. The zero-order valence-corrected chi connectivity index (χ0v) is 9.94. The molecule has 2 aromatic rings. The van der Waals surface area contributed by atoms with E-state index < -0.39 is 0 Å². The predicted octanol–water partition coefficient (Wildman–Crippen LogP) is 2.95. The van der Waals surface area contributed by atoms with Crippen molar-refractivity contribution in [3.63, 3.8) is 0 Å². The first-order valence-electron chi connectivity index (χ1n) is 5.83. The summed E-state index contributed by atoms with van der Waals surface area (Å²) in [5, 5.41) is 12.3. The van der Waals surface area contributed by atoms with Gasteiger partial charge in [0.1, 0.15) is 11.5 Å². The van der Waals surface area contributed by atoms with Gasteiger partial charge < -0.3 is 14.8 Å². The Kier molecular flexibility index (Phi) is 3.83. The van der Waals surface area contributed by atoms with E-state index in [-0.39, 0.29) is 6.61 Å². The summed E-state index contributed by atoms with van der Waals surface area (Å²) in [4.78, 5) is 0. The topological polar surface area (TPSA) is 45.4 Å². The molecule has 0 saturated heterocycles. The molecule has 17 heavy (non-hydrogen) atoms. The summed E-state index contributed by atoms with van der Waals surface area (Å²) < 4.78 is 5.60. The third-order valence-electron chi connectivity index (χ3n) is 2.64. The molecule has 0 spiro atoms. The molecule has 1 aromatic carbocycles. The Labute approximate surface area is 101 Å². The van der Waals surface area contributed by atoms with Gasteiger partial charge in [-0.1, -0.05) is 19.1 Å². The molecule has 0 aliphatic heterocycles. The van der Waals surface area contributed by atoms with Crippen LogP contribution in [-0.2, 0) is 19.6 Å². The third-order valence-corrected chi connectivity index (χ3v) is 2.64. The van der Waals surface area contributed by atoms with E-state index in [1.807, 2.05) is 36.4 Å². The molecule has 0 amide bonds. The van der Waals surface area contributed by atoms with Crippen molar-refractivity contribution in [3.05, 3.63) is 53.5 Å². The number of hydrogen-bond donors (Lipinski definition) is 2. The van der Waals surface area contributed by atoms with Crippen molar-refractivity contribution in [3.8, 4) is 0 Å². The molecule has 2 N–H and O–H groups in total. The average molecular weight is 231 g/mol. The fourth-order valence-electron chi connectivity index (χ4n) is 1.68. The van der Waals surface area contributed by atoms with E-state index in [1.165, 1.54) is 0 Å². The molecule has 0 atom stereocenters. The molecule has 2 rings (SSSR count). The summed E-state index contributed by atoms with van der Waals surface area (Å²) in [5.41, 5.74) is 1.90. The monoisotopic (exact) mass is 231 g/mol. The Morgan fingerprint density at radius 1 is 1.18 bits per heavy atom. The Morgan fingerprint density at radius 2 is 2.00 bits per heavy atom. The quantitative estimate of drug-likeness (QED) is 0.831. The predicted molar refractivity (Wildman–Crippen MR) is 67.8 cm³/mol. The number of aliphatic hydroxyl groups is 1. The summed E-state index contributed by atoms with van der Waals surface area (Å²) >= 11 is 0. The third kappa shape index (κ3) is 3.11. The first-order valence-corrected chi connectivity index (χ1v) is 5.83. The highest BCUT2D eigenvalue weighted by Gasteiger charge is 2.00. The number of benzene rings is 1. The number of hydrogen-bond acceptors (Lipinski definition) is 3. The second-order valence-electron chi connectivity index (χ2n) is 3.93. The van der Waals surface area contributed by atoms with E-state index in [2.05, 4.69) is 12.2 Å². The molecule has 0 aliphatic rings. The lowest BCUT2D eigenvalue weighted by atomic mass is 10.2. The Morgan fingerprint density at radius 3 is 2.71 bits per heavy atom. The molecule has 0 bridgehead atoms. The van der Waals surface area contributed by atoms with E-state index in [4.69, 9.17) is 9.52 Å². The molecule has 0 radical (unpaired) electrons. The SMILES string of the molecule is CCc1ccc(CNc2cccc(CO)c2)o1. The van der Waals surface area contributed by atoms with Gasteiger partial charge in [-0.05, 0) is 29.8 Å². The highest BCUT2D eigenvalue weighted by molar-refractivity contribution is 5.45. The second-order valence-corrected chi connectivity index (χ2v) is 3.93. The zero-order chi connectivity index (χ0) is 12.1. The van der Waals surface area contributed by atoms with Crippen LogP contribution < -0.4 is 5.32 Å². The van der Waals surface area contributed by atoms with Gasteiger partial charge in [0.15, 0.2) is 0 Å². The van der Waals surface area contributed by atoms with Crippen LogP contribution in [0.5, 0.6) is 0 Å². The molecular formula is C14H17NO2. The fraction of sp³-hybridized carbons (Fsp3) is 0.286. The van der Waals surface area contributed by atoms with Gasteiger partial charge in [-0.25, -0.2) is 0 Å². The molecule has 1 aromatic heterocycles. The van der Waals surface area contributed by atoms with E-state index in [0.717, 1.165) is 29.2 Å². The highest BCUT2D eigenvalue weighted by atomic mass is 16.3. The number of aryl methyl sites for hydroxylation is 1. The van der Waals surface area contributed by atoms with Gasteiger partial charge in [0.25, 0.3) is 0 Å². The number of nitrogens with one attached hydrogen (secondary N) is 1. The maximum Gasteiger partial charge on any atom is 0.123 e. The van der Waals surface area contributed by atoms with Crippen molar-refractivity contribution in [2.45, 2.75) is 26.5 Å². The normalized spacial score (nSPS) is 10.5. The number of anilines is 1. The van der Waals surface area contributed by atoms with Gasteiger partial charge in [0.05, 0.1) is 13.2 Å². The van der Waals surface area contributed by atoms with Gasteiger partial charge in [-0.3, -0.25) is 0 Å². The van der Waals surface area contributed by atoms with Crippen molar-refractivity contribution >= 4 is 5.69 Å². The van der Waals surface area contributed by atoms with E-state index in [9.17, 15) is 0 Å². The van der Waals surface area contributed by atoms with Crippen LogP contribution in [0.4, 0.5) is 5.69 Å². The van der Waals surface area contributed by atoms with Crippen LogP contribution in [0.2, 0.25) is 0 Å². The smallest absolute Gasteiger partial charge is 0.123 e. The van der Waals surface area contributed by atoms with Crippen molar-refractivity contribution < 1.29 is 9.52 Å². The zero-order valence-electron chi connectivity index (χ0n) is 9.94. The summed E-state index contributed by atoms with van der Waals surface area (Å²) in [5.74, 6) is 1.93. The van der Waals surface area contributed by atoms with E-state index >= 15 is 0 Å². The first-order chi connectivity index (χ1) is 8.31. The van der Waals surface area contributed by atoms with E-state index in [0.29, 0.717) is 6.54 Å². The molecule has 0 saturated carbocycles. The number of aliphatic hydroxyl groups excluding tert-OH is 1. The van der Waals surface area contributed by atoms with Crippen LogP contribution in [0.15, 0.2) is 40.8 Å². The Bertz CT molecular complexity index is 477. The van der Waals surface area contributed by atoms with Gasteiger partial charge in [-0.15, -0.1) is 0 Å². The molecule has 3 nitrogen and oxygen atoms in total. The van der Waals surface area contributed by atoms with Gasteiger partial charge in [0, 0.05) is 12.1 Å². The maximum atomic E-state index is 9.04. The van der Waals surface area contributed by atoms with Crippen LogP contribution in [0.1, 0.15) is 24.0 Å². The number of furan rings is 1. The first kappa shape index (κ1) is 11.7. The van der Waals surface area contributed by atoms with Gasteiger partial charge in [0.2, 0.25) is 0 Å². The van der Waals surface area contributed by atoms with Gasteiger partial charge in [-0.2, -0.15) is 0 Å². The van der Waals surface area contributed by atoms with Crippen LogP contribution in [0.3, 0.4) is 0 Å². The van der Waals surface area contributed by atoms with Crippen LogP contribution >= 0.6 is 0 Å². The lowest BCUT2D eigenvalue weighted by Crippen LogP contribution is -1.98. The minimum Gasteiger partial charge on any atom is -0.464 e. The Hall–Kier alpha value is -1.74. The molecule has 0 unspecified atom stereocenters. The van der Waals surface area contributed by atoms with Crippen molar-refractivity contribution in [1.82, 2.24) is 0 Å². The van der Waals surface area contributed by atoms with Gasteiger partial charge >= 0.3 is 0 Å². The molecule has 0 fully saturated rings. The molecule has 0 aliphatic carbocycles. The number of rotatable bonds is 5. The van der Waals surface area contributed by atoms with Crippen LogP contribution in [0, 0.1) is 0 Å². The lowest BCUT2D eigenvalue weighted by Gasteiger charge is -2.05. The fourth-order valence-corrected chi connectivity index (χ4v) is 1.68. The average Bonchev–Trinajstić information content (AvgIpc) is 2.84. The van der Waals surface area contributed by atoms with Crippen LogP contribution in [0.25, 0.3) is 0 Å².